The first-order chi connectivity index (χ1) is 1.73. The Balaban J connectivity index is -0.00000000750. The number of carbonyl (C=O) groups is 1. The molecule has 0 aromatic heterocycles. The minimum atomic E-state index is -1.83. The summed E-state index contributed by atoms with van der Waals surface area (Å²) >= 11 is 0. The van der Waals surface area contributed by atoms with Crippen LogP contribution in [0, 0.1) is 0 Å². The quantitative estimate of drug-likeness (QED) is 0.314. The molecule has 0 aliphatic rings. The Hall–Kier alpha value is 0.160. The van der Waals surface area contributed by atoms with Crippen molar-refractivity contribution in [2.75, 3.05) is 0 Å². The molecule has 6 heteroatoms. The van der Waals surface area contributed by atoms with Gasteiger partial charge in [-0.2, -0.15) is 0 Å². The van der Waals surface area contributed by atoms with E-state index in [1.165, 1.54) is 0 Å². The molecule has 42 valence electrons. The minimum Gasteiger partial charge on any atom is -1.00 e. The van der Waals surface area contributed by atoms with Crippen molar-refractivity contribution < 1.29 is 50.7 Å². The van der Waals surface area contributed by atoms with Gasteiger partial charge in [0, 0.05) is 0 Å². The van der Waals surface area contributed by atoms with Crippen molar-refractivity contribution in [3.8, 4) is 0 Å². The van der Waals surface area contributed by atoms with E-state index in [1.807, 2.05) is 0 Å². The van der Waals surface area contributed by atoms with Crippen molar-refractivity contribution in [1.29, 1.82) is 0 Å². The van der Waals surface area contributed by atoms with Crippen LogP contribution in [0.25, 0.3) is 0 Å². The first-order valence-electron chi connectivity index (χ1n) is 0.651. The van der Waals surface area contributed by atoms with Gasteiger partial charge in [0.25, 0.3) is 0 Å². The topological polar surface area (TPSA) is 92.5 Å². The molecule has 0 rings (SSSR count). The van der Waals surface area contributed by atoms with Gasteiger partial charge < -0.3 is 17.8 Å². The second-order valence-corrected chi connectivity index (χ2v) is 0.283. The van der Waals surface area contributed by atoms with E-state index in [1.54, 1.807) is 0 Å². The molecule has 0 radical (unpaired) electrons. The Labute approximate surface area is 63.3 Å². The molecule has 7 heavy (non-hydrogen) atoms. The Bertz CT molecular complexity index is 42.3. The van der Waals surface area contributed by atoms with Crippen molar-refractivity contribution in [2.45, 2.75) is 0 Å². The third-order valence-corrected chi connectivity index (χ3v) is 0. The molecule has 0 atom stereocenters. The Morgan fingerprint density at radius 3 is 1.43 bits per heavy atom. The van der Waals surface area contributed by atoms with Crippen LogP contribution in [0.2, 0.25) is 0 Å². The molecule has 0 heterocycles. The molecule has 0 spiro atoms. The predicted molar refractivity (Wildman–Crippen MR) is 19.3 cm³/mol. The molecular weight excluding hydrogens is 116 g/mol. The van der Waals surface area contributed by atoms with Gasteiger partial charge >= 0.3 is 35.7 Å². The van der Waals surface area contributed by atoms with Crippen LogP contribution in [-0.2, 0) is 0 Å². The van der Waals surface area contributed by atoms with Crippen LogP contribution in [0.1, 0.15) is 1.43 Å². The van der Waals surface area contributed by atoms with Crippen molar-refractivity contribution in [3.63, 3.8) is 0 Å². The van der Waals surface area contributed by atoms with E-state index in [0.29, 0.717) is 0 Å². The normalized spacial score (nSPS) is 3.43. The fourth-order valence-corrected chi connectivity index (χ4v) is 0. The third-order valence-electron chi connectivity index (χ3n) is 0. The molecule has 0 unspecified atom stereocenters. The van der Waals surface area contributed by atoms with Crippen LogP contribution in [0.5, 0.6) is 0 Å². The van der Waals surface area contributed by atoms with Crippen molar-refractivity contribution in [3.05, 3.63) is 0 Å². The molecule has 0 aliphatic heterocycles. The van der Waals surface area contributed by atoms with E-state index in [2.05, 4.69) is 0 Å². The molecular formula is CH7FNNaO3. The molecule has 5 N–H and O–H groups in total. The van der Waals surface area contributed by atoms with Crippen LogP contribution >= 0.6 is 0 Å². The van der Waals surface area contributed by atoms with Gasteiger partial charge in [-0.1, -0.05) is 0 Å². The molecule has 0 fully saturated rings. The number of rotatable bonds is 0. The molecule has 4 nitrogen and oxygen atoms in total. The second kappa shape index (κ2) is 16.4. The number of hydrogen-bond acceptors (Lipinski definition) is 2. The van der Waals surface area contributed by atoms with E-state index in [9.17, 15) is 0 Å². The zero-order chi connectivity index (χ0) is 3.58. The maximum Gasteiger partial charge on any atom is 1.00 e. The van der Waals surface area contributed by atoms with Crippen molar-refractivity contribution in [1.82, 2.24) is 6.15 Å². The van der Waals surface area contributed by atoms with Crippen LogP contribution in [-0.4, -0.2) is 16.4 Å². The van der Waals surface area contributed by atoms with Crippen LogP contribution in [0.4, 0.5) is 9.50 Å². The Kier molecular flexibility index (Phi) is 63.8. The molecule has 0 saturated carbocycles. The van der Waals surface area contributed by atoms with E-state index in [4.69, 9.17) is 15.0 Å². The maximum absolute atomic E-state index is 8.56. The monoisotopic (exact) mass is 123 g/mol. The maximum atomic E-state index is 8.56. The van der Waals surface area contributed by atoms with Gasteiger partial charge in [-0.3, -0.25) is 4.70 Å². The summed E-state index contributed by atoms with van der Waals surface area (Å²) in [6.45, 7) is 0. The van der Waals surface area contributed by atoms with Crippen molar-refractivity contribution in [2.24, 2.45) is 0 Å². The summed E-state index contributed by atoms with van der Waals surface area (Å²) in [7, 11) is 0. The van der Waals surface area contributed by atoms with Crippen molar-refractivity contribution >= 4 is 6.16 Å². The van der Waals surface area contributed by atoms with Gasteiger partial charge in [0.15, 0.2) is 0 Å². The van der Waals surface area contributed by atoms with Crippen LogP contribution < -0.4 is 35.7 Å². The molecule has 0 aliphatic carbocycles. The summed E-state index contributed by atoms with van der Waals surface area (Å²) in [5, 5.41) is 13.9. The molecule has 0 amide bonds. The number of hydrogen-bond donors (Lipinski definition) is 3. The summed E-state index contributed by atoms with van der Waals surface area (Å²) in [6, 6.07) is 0. The van der Waals surface area contributed by atoms with Crippen LogP contribution in [0.15, 0.2) is 0 Å². The minimum absolute atomic E-state index is 0. The summed E-state index contributed by atoms with van der Waals surface area (Å²) < 4.78 is 0. The Morgan fingerprint density at radius 1 is 1.43 bits per heavy atom. The van der Waals surface area contributed by atoms with Gasteiger partial charge in [-0.15, -0.1) is 0 Å². The summed E-state index contributed by atoms with van der Waals surface area (Å²) in [5.41, 5.74) is 0. The van der Waals surface area contributed by atoms with E-state index < -0.39 is 6.16 Å². The van der Waals surface area contributed by atoms with Gasteiger partial charge in [-0.05, 0) is 0 Å². The largest absolute Gasteiger partial charge is 1.00 e. The fourth-order valence-electron chi connectivity index (χ4n) is 0. The average molecular weight is 123 g/mol. The summed E-state index contributed by atoms with van der Waals surface area (Å²) in [5.74, 6) is 0. The summed E-state index contributed by atoms with van der Waals surface area (Å²) in [6.07, 6.45) is -1.83. The number of carboxylic acid groups (broad SMARTS) is 2. The Morgan fingerprint density at radius 2 is 1.43 bits per heavy atom. The smallest absolute Gasteiger partial charge is 1.00 e. The standard InChI is InChI=1S/CH2O3.FH.H3N.Na.H/c2-1(3)4;;;;/h(H2,2,3,4);1H;1H3;;/q;;;+1;-1. The zero-order valence-corrected chi connectivity index (χ0v) is 5.92. The molecule has 0 saturated heterocycles. The zero-order valence-electron chi connectivity index (χ0n) is 4.92. The fraction of sp³-hybridized carbons (Fsp3) is 0. The van der Waals surface area contributed by atoms with Gasteiger partial charge in [0.1, 0.15) is 0 Å². The third kappa shape index (κ3) is 4160. The summed E-state index contributed by atoms with van der Waals surface area (Å²) in [4.78, 5) is 8.56. The molecule has 0 bridgehead atoms. The first-order valence-corrected chi connectivity index (χ1v) is 0.651. The van der Waals surface area contributed by atoms with Gasteiger partial charge in [0.05, 0.1) is 0 Å². The second-order valence-electron chi connectivity index (χ2n) is 0.283. The van der Waals surface area contributed by atoms with Gasteiger partial charge in [0.2, 0.25) is 0 Å². The first kappa shape index (κ1) is 27.2. The average Bonchev–Trinajstić information content (AvgIpc) is 0.811. The van der Waals surface area contributed by atoms with Gasteiger partial charge in [-0.25, -0.2) is 4.79 Å². The SMILES string of the molecule is F.N.O=C(O)O.[H-].[Na+]. The van der Waals surface area contributed by atoms with E-state index in [0.717, 1.165) is 0 Å². The van der Waals surface area contributed by atoms with E-state index >= 15 is 0 Å². The predicted octanol–water partition coefficient (Wildman–Crippen LogP) is -2.35. The molecule has 0 aromatic rings. The molecule has 0 aromatic carbocycles. The number of halogens is 1. The van der Waals surface area contributed by atoms with E-state index in [-0.39, 0.29) is 41.8 Å². The van der Waals surface area contributed by atoms with Crippen LogP contribution in [0.3, 0.4) is 0 Å².